The zero-order valence-corrected chi connectivity index (χ0v) is 17.6. The van der Waals surface area contributed by atoms with E-state index in [1.165, 1.54) is 0 Å². The molecule has 2 N–H and O–H groups in total. The van der Waals surface area contributed by atoms with Gasteiger partial charge < -0.3 is 10.6 Å². The zero-order valence-electron chi connectivity index (χ0n) is 14.5. The Morgan fingerprint density at radius 3 is 2.71 bits per heavy atom. The third-order valence-electron chi connectivity index (χ3n) is 4.83. The topological polar surface area (TPSA) is 94.3 Å². The van der Waals surface area contributed by atoms with Crippen LogP contribution >= 0.6 is 24.0 Å². The molecular formula is C16H29IN4O2S. The van der Waals surface area contributed by atoms with Crippen LogP contribution < -0.4 is 10.6 Å². The number of guanidine groups is 1. The van der Waals surface area contributed by atoms with Crippen LogP contribution in [0.3, 0.4) is 0 Å². The summed E-state index contributed by atoms with van der Waals surface area (Å²) in [4.78, 5) is 4.61. The Bertz CT molecular complexity index is 573. The van der Waals surface area contributed by atoms with Crippen LogP contribution in [0.25, 0.3) is 0 Å². The molecule has 6 nitrogen and oxygen atoms in total. The molecule has 4 atom stereocenters. The number of halogens is 1. The highest BCUT2D eigenvalue weighted by atomic mass is 127. The van der Waals surface area contributed by atoms with Crippen molar-refractivity contribution in [3.8, 4) is 6.07 Å². The van der Waals surface area contributed by atoms with E-state index in [2.05, 4.69) is 35.5 Å². The van der Waals surface area contributed by atoms with E-state index < -0.39 is 9.84 Å². The summed E-state index contributed by atoms with van der Waals surface area (Å²) in [6, 6.07) is 2.80. The van der Waals surface area contributed by atoms with E-state index in [4.69, 9.17) is 0 Å². The standard InChI is InChI=1S/C16H28N4O2S.HI/c1-3-12(2)19-16(20-15-6-4-5-14(15)9-17)18-10-13-7-8-23(21,22)11-13;/h12-15H,3-8,10-11H2,1-2H3,(H2,18,19,20);1H. The van der Waals surface area contributed by atoms with Crippen LogP contribution in [-0.2, 0) is 9.84 Å². The molecule has 0 aromatic carbocycles. The predicted octanol–water partition coefficient (Wildman–Crippen LogP) is 2.07. The lowest BCUT2D eigenvalue weighted by Gasteiger charge is -2.22. The molecule has 138 valence electrons. The SMILES string of the molecule is CCC(C)NC(=NCC1CCS(=O)(=O)C1)NC1CCCC1C#N.I. The fourth-order valence-electron chi connectivity index (χ4n) is 3.17. The van der Waals surface area contributed by atoms with Crippen molar-refractivity contribution < 1.29 is 8.42 Å². The van der Waals surface area contributed by atoms with Crippen LogP contribution in [-0.4, -0.2) is 44.5 Å². The maximum absolute atomic E-state index is 11.6. The summed E-state index contributed by atoms with van der Waals surface area (Å²) in [5.74, 6) is 1.40. The molecule has 2 fully saturated rings. The normalized spacial score (nSPS) is 30.2. The first kappa shape index (κ1) is 21.5. The fraction of sp³-hybridized carbons (Fsp3) is 0.875. The van der Waals surface area contributed by atoms with Gasteiger partial charge in [0.25, 0.3) is 0 Å². The fourth-order valence-corrected chi connectivity index (χ4v) is 5.02. The molecule has 0 bridgehead atoms. The minimum atomic E-state index is -2.86. The van der Waals surface area contributed by atoms with Gasteiger partial charge in [-0.3, -0.25) is 4.99 Å². The molecule has 1 aliphatic heterocycles. The number of hydrogen-bond donors (Lipinski definition) is 2. The summed E-state index contributed by atoms with van der Waals surface area (Å²) in [6.45, 7) is 4.72. The third-order valence-corrected chi connectivity index (χ3v) is 6.67. The molecule has 1 heterocycles. The second-order valence-corrected chi connectivity index (χ2v) is 9.06. The van der Waals surface area contributed by atoms with E-state index in [-0.39, 0.29) is 59.4 Å². The highest BCUT2D eigenvalue weighted by Gasteiger charge is 2.29. The summed E-state index contributed by atoms with van der Waals surface area (Å²) in [7, 11) is -2.86. The van der Waals surface area contributed by atoms with Crippen molar-refractivity contribution in [1.82, 2.24) is 10.6 Å². The quantitative estimate of drug-likeness (QED) is 0.366. The van der Waals surface area contributed by atoms with Crippen molar-refractivity contribution in [3.05, 3.63) is 0 Å². The summed E-state index contributed by atoms with van der Waals surface area (Å²) in [5, 5.41) is 16.0. The summed E-state index contributed by atoms with van der Waals surface area (Å²) in [5.41, 5.74) is 0. The van der Waals surface area contributed by atoms with E-state index in [0.717, 1.165) is 31.6 Å². The van der Waals surface area contributed by atoms with Gasteiger partial charge in [0, 0.05) is 18.6 Å². The minimum Gasteiger partial charge on any atom is -0.354 e. The van der Waals surface area contributed by atoms with Crippen molar-refractivity contribution in [2.75, 3.05) is 18.1 Å². The molecule has 2 rings (SSSR count). The lowest BCUT2D eigenvalue weighted by atomic mass is 10.1. The van der Waals surface area contributed by atoms with E-state index in [1.54, 1.807) is 0 Å². The van der Waals surface area contributed by atoms with Gasteiger partial charge in [-0.15, -0.1) is 24.0 Å². The highest BCUT2D eigenvalue weighted by molar-refractivity contribution is 14.0. The van der Waals surface area contributed by atoms with Gasteiger partial charge in [0.1, 0.15) is 0 Å². The number of hydrogen-bond acceptors (Lipinski definition) is 4. The van der Waals surface area contributed by atoms with E-state index in [0.29, 0.717) is 13.0 Å². The van der Waals surface area contributed by atoms with Gasteiger partial charge in [-0.2, -0.15) is 5.26 Å². The molecule has 24 heavy (non-hydrogen) atoms. The first-order chi connectivity index (χ1) is 10.9. The molecular weight excluding hydrogens is 439 g/mol. The van der Waals surface area contributed by atoms with Gasteiger partial charge in [0.05, 0.1) is 23.5 Å². The molecule has 0 aromatic rings. The molecule has 0 aromatic heterocycles. The molecule has 1 saturated heterocycles. The lowest BCUT2D eigenvalue weighted by Crippen LogP contribution is -2.47. The Balaban J connectivity index is 0.00000288. The van der Waals surface area contributed by atoms with E-state index in [9.17, 15) is 13.7 Å². The summed E-state index contributed by atoms with van der Waals surface area (Å²) in [6.07, 6.45) is 4.66. The third kappa shape index (κ3) is 6.39. The first-order valence-electron chi connectivity index (χ1n) is 8.61. The number of nitriles is 1. The molecule has 2 aliphatic rings. The van der Waals surface area contributed by atoms with E-state index >= 15 is 0 Å². The Kier molecular flexibility index (Phi) is 8.77. The molecule has 8 heteroatoms. The van der Waals surface area contributed by atoms with Crippen molar-refractivity contribution >= 4 is 39.8 Å². The van der Waals surface area contributed by atoms with Gasteiger partial charge in [-0.1, -0.05) is 6.92 Å². The van der Waals surface area contributed by atoms with Crippen molar-refractivity contribution in [2.45, 2.75) is 58.0 Å². The van der Waals surface area contributed by atoms with Gasteiger partial charge in [0.15, 0.2) is 15.8 Å². The Labute approximate surface area is 162 Å². The molecule has 4 unspecified atom stereocenters. The molecule has 1 aliphatic carbocycles. The monoisotopic (exact) mass is 468 g/mol. The summed E-state index contributed by atoms with van der Waals surface area (Å²) >= 11 is 0. The number of nitrogens with zero attached hydrogens (tertiary/aromatic N) is 2. The average Bonchev–Trinajstić information content (AvgIpc) is 3.10. The van der Waals surface area contributed by atoms with E-state index in [1.807, 2.05) is 0 Å². The van der Waals surface area contributed by atoms with Crippen LogP contribution in [0, 0.1) is 23.2 Å². The highest BCUT2D eigenvalue weighted by Crippen LogP contribution is 2.25. The van der Waals surface area contributed by atoms with Crippen molar-refractivity contribution in [2.24, 2.45) is 16.8 Å². The van der Waals surface area contributed by atoms with Crippen molar-refractivity contribution in [1.29, 1.82) is 5.26 Å². The maximum atomic E-state index is 11.6. The van der Waals surface area contributed by atoms with Crippen LogP contribution in [0.1, 0.15) is 46.0 Å². The summed E-state index contributed by atoms with van der Waals surface area (Å²) < 4.78 is 23.1. The second-order valence-electron chi connectivity index (χ2n) is 6.83. The minimum absolute atomic E-state index is 0. The predicted molar refractivity (Wildman–Crippen MR) is 107 cm³/mol. The smallest absolute Gasteiger partial charge is 0.191 e. The molecule has 0 amide bonds. The van der Waals surface area contributed by atoms with Gasteiger partial charge in [-0.25, -0.2) is 8.42 Å². The Morgan fingerprint density at radius 2 is 2.12 bits per heavy atom. The first-order valence-corrected chi connectivity index (χ1v) is 10.4. The van der Waals surface area contributed by atoms with Crippen molar-refractivity contribution in [3.63, 3.8) is 0 Å². The largest absolute Gasteiger partial charge is 0.354 e. The number of aliphatic imine (C=N–C) groups is 1. The molecule has 1 saturated carbocycles. The zero-order chi connectivity index (χ0) is 16.9. The molecule has 0 radical (unpaired) electrons. The maximum Gasteiger partial charge on any atom is 0.191 e. The Morgan fingerprint density at radius 1 is 1.38 bits per heavy atom. The van der Waals surface area contributed by atoms with Gasteiger partial charge in [0.2, 0.25) is 0 Å². The number of rotatable bonds is 5. The number of nitrogens with one attached hydrogen (secondary N) is 2. The second kappa shape index (κ2) is 9.80. The van der Waals surface area contributed by atoms with Gasteiger partial charge >= 0.3 is 0 Å². The van der Waals surface area contributed by atoms with Gasteiger partial charge in [-0.05, 0) is 44.9 Å². The van der Waals surface area contributed by atoms with Crippen LogP contribution in [0.2, 0.25) is 0 Å². The van der Waals surface area contributed by atoms with Crippen LogP contribution in [0.4, 0.5) is 0 Å². The average molecular weight is 468 g/mol. The lowest BCUT2D eigenvalue weighted by molar-refractivity contribution is 0.516. The number of sulfone groups is 1. The van der Waals surface area contributed by atoms with Crippen LogP contribution in [0.15, 0.2) is 4.99 Å². The van der Waals surface area contributed by atoms with Crippen LogP contribution in [0.5, 0.6) is 0 Å². The molecule has 0 spiro atoms. The Hall–Kier alpha value is -0.560.